The molecule has 2 amide bonds. The van der Waals surface area contributed by atoms with Crippen LogP contribution < -0.4 is 5.32 Å². The fraction of sp³-hybridized carbons (Fsp3) is 0.214. The minimum absolute atomic E-state index is 0.150. The van der Waals surface area contributed by atoms with Crippen LogP contribution in [0.1, 0.15) is 28.8 Å². The first-order valence-corrected chi connectivity index (χ1v) is 7.44. The minimum atomic E-state index is -0.578. The molecule has 7 heteroatoms. The molecule has 2 atom stereocenters. The van der Waals surface area contributed by atoms with Crippen molar-refractivity contribution < 1.29 is 14.0 Å². The van der Waals surface area contributed by atoms with Crippen molar-refractivity contribution in [2.75, 3.05) is 0 Å². The number of hydrogen-bond donors (Lipinski definition) is 1. The number of nitrogens with zero attached hydrogens (tertiary/aromatic N) is 1. The zero-order valence-electron chi connectivity index (χ0n) is 10.7. The van der Waals surface area contributed by atoms with Crippen LogP contribution >= 0.6 is 22.9 Å². The average molecular weight is 325 g/mol. The van der Waals surface area contributed by atoms with E-state index >= 15 is 0 Å². The molecule has 1 N–H and O–H groups in total. The number of imide groups is 1. The maximum absolute atomic E-state index is 13.1. The second-order valence-electron chi connectivity index (χ2n) is 4.75. The van der Waals surface area contributed by atoms with E-state index in [1.165, 1.54) is 29.7 Å². The Labute approximate surface area is 129 Å². The summed E-state index contributed by atoms with van der Waals surface area (Å²) in [7, 11) is 0. The first kappa shape index (κ1) is 14.2. The predicted molar refractivity (Wildman–Crippen MR) is 76.8 cm³/mol. The number of thiazole rings is 1. The van der Waals surface area contributed by atoms with Crippen molar-refractivity contribution in [3.8, 4) is 0 Å². The summed E-state index contributed by atoms with van der Waals surface area (Å²) in [6.07, 6.45) is 1.65. The van der Waals surface area contributed by atoms with Gasteiger partial charge in [-0.3, -0.25) is 14.9 Å². The third-order valence-electron chi connectivity index (χ3n) is 3.39. The molecule has 1 aromatic heterocycles. The van der Waals surface area contributed by atoms with Gasteiger partial charge in [0.1, 0.15) is 10.2 Å². The molecule has 2 unspecified atom stereocenters. The van der Waals surface area contributed by atoms with Crippen molar-refractivity contribution in [1.82, 2.24) is 10.3 Å². The Morgan fingerprint density at radius 3 is 2.62 bits per heavy atom. The van der Waals surface area contributed by atoms with E-state index in [-0.39, 0.29) is 24.1 Å². The van der Waals surface area contributed by atoms with Crippen molar-refractivity contribution in [3.05, 3.63) is 51.2 Å². The van der Waals surface area contributed by atoms with Gasteiger partial charge in [0.15, 0.2) is 0 Å². The molecule has 0 bridgehead atoms. The molecule has 4 nitrogen and oxygen atoms in total. The Balaban J connectivity index is 2.02. The number of nitrogens with one attached hydrogen (secondary N) is 1. The van der Waals surface area contributed by atoms with Gasteiger partial charge in [-0.2, -0.15) is 0 Å². The van der Waals surface area contributed by atoms with Crippen LogP contribution in [0.25, 0.3) is 0 Å². The van der Waals surface area contributed by atoms with Crippen molar-refractivity contribution in [1.29, 1.82) is 0 Å². The van der Waals surface area contributed by atoms with Crippen molar-refractivity contribution in [2.45, 2.75) is 18.3 Å². The highest BCUT2D eigenvalue weighted by atomic mass is 35.5. The summed E-state index contributed by atoms with van der Waals surface area (Å²) >= 11 is 7.14. The fourth-order valence-corrected chi connectivity index (χ4v) is 3.56. The van der Waals surface area contributed by atoms with Gasteiger partial charge in [0.2, 0.25) is 11.8 Å². The molecule has 108 valence electrons. The predicted octanol–water partition coefficient (Wildman–Crippen LogP) is 2.85. The summed E-state index contributed by atoms with van der Waals surface area (Å²) < 4.78 is 13.6. The molecule has 0 aliphatic carbocycles. The number of hydrogen-bond acceptors (Lipinski definition) is 4. The number of amides is 2. The Bertz CT molecular complexity index is 701. The molecule has 0 saturated carbocycles. The van der Waals surface area contributed by atoms with E-state index in [1.54, 1.807) is 12.1 Å². The quantitative estimate of drug-likeness (QED) is 0.864. The first-order chi connectivity index (χ1) is 10.0. The molecule has 21 heavy (non-hydrogen) atoms. The van der Waals surface area contributed by atoms with Gasteiger partial charge < -0.3 is 0 Å². The van der Waals surface area contributed by atoms with Gasteiger partial charge in [0.05, 0.1) is 17.1 Å². The molecule has 3 rings (SSSR count). The summed E-state index contributed by atoms with van der Waals surface area (Å²) in [6.45, 7) is 0. The van der Waals surface area contributed by atoms with Crippen LogP contribution in [0.3, 0.4) is 0 Å². The minimum Gasteiger partial charge on any atom is -0.296 e. The number of aromatic nitrogens is 1. The number of carbonyl (C=O) groups is 2. The Hall–Kier alpha value is -1.79. The second-order valence-corrected chi connectivity index (χ2v) is 6.45. The molecule has 0 radical (unpaired) electrons. The van der Waals surface area contributed by atoms with Gasteiger partial charge in [-0.15, -0.1) is 11.3 Å². The highest BCUT2D eigenvalue weighted by Gasteiger charge is 2.39. The largest absolute Gasteiger partial charge is 0.296 e. The first-order valence-electron chi connectivity index (χ1n) is 6.25. The molecule has 1 aliphatic rings. The molecule has 1 aromatic carbocycles. The van der Waals surface area contributed by atoms with Crippen molar-refractivity contribution >= 4 is 34.8 Å². The highest BCUT2D eigenvalue weighted by molar-refractivity contribution is 7.15. The van der Waals surface area contributed by atoms with Crippen LogP contribution in [0, 0.1) is 5.82 Å². The lowest BCUT2D eigenvalue weighted by molar-refractivity contribution is -0.135. The number of halogens is 2. The normalized spacial score (nSPS) is 22.2. The molecule has 2 aromatic rings. The molecular formula is C14H10ClFN2O2S. The second kappa shape index (κ2) is 5.54. The molecular weight excluding hydrogens is 315 g/mol. The summed E-state index contributed by atoms with van der Waals surface area (Å²) in [6, 6.07) is 5.70. The van der Waals surface area contributed by atoms with E-state index in [9.17, 15) is 14.0 Å². The van der Waals surface area contributed by atoms with E-state index in [2.05, 4.69) is 10.3 Å². The molecule has 0 spiro atoms. The number of benzene rings is 1. The summed E-state index contributed by atoms with van der Waals surface area (Å²) in [5.74, 6) is -2.07. The van der Waals surface area contributed by atoms with Crippen LogP contribution in [0.4, 0.5) is 4.39 Å². The third kappa shape index (κ3) is 2.82. The van der Waals surface area contributed by atoms with Crippen LogP contribution in [-0.2, 0) is 9.59 Å². The zero-order valence-corrected chi connectivity index (χ0v) is 12.2. The monoisotopic (exact) mass is 324 g/mol. The maximum Gasteiger partial charge on any atom is 0.234 e. The van der Waals surface area contributed by atoms with Crippen LogP contribution in [0.2, 0.25) is 4.34 Å². The fourth-order valence-electron chi connectivity index (χ4n) is 2.49. The standard InChI is InChI=1S/C14H10ClFN2O2S/c15-10-6-17-14(21-10)9-5-11(19)18-13(20)12(9)7-1-3-8(16)4-2-7/h1-4,6,9,12H,5H2,(H,18,19,20). The zero-order chi connectivity index (χ0) is 15.0. The molecule has 1 saturated heterocycles. The molecule has 1 aliphatic heterocycles. The maximum atomic E-state index is 13.1. The number of carbonyl (C=O) groups excluding carboxylic acids is 2. The van der Waals surface area contributed by atoms with Gasteiger partial charge in [0.25, 0.3) is 0 Å². The van der Waals surface area contributed by atoms with Gasteiger partial charge in [-0.05, 0) is 17.7 Å². The average Bonchev–Trinajstić information content (AvgIpc) is 2.86. The van der Waals surface area contributed by atoms with E-state index in [0.29, 0.717) is 14.9 Å². The van der Waals surface area contributed by atoms with Gasteiger partial charge in [0, 0.05) is 12.3 Å². The van der Waals surface area contributed by atoms with Crippen LogP contribution in [0.5, 0.6) is 0 Å². The summed E-state index contributed by atoms with van der Waals surface area (Å²) in [5, 5.41) is 2.96. The van der Waals surface area contributed by atoms with Gasteiger partial charge in [-0.25, -0.2) is 9.37 Å². The lowest BCUT2D eigenvalue weighted by Gasteiger charge is -2.29. The number of piperidine rings is 1. The summed E-state index contributed by atoms with van der Waals surface area (Å²) in [5.41, 5.74) is 0.651. The smallest absolute Gasteiger partial charge is 0.234 e. The lowest BCUT2D eigenvalue weighted by Crippen LogP contribution is -2.43. The van der Waals surface area contributed by atoms with Gasteiger partial charge >= 0.3 is 0 Å². The molecule has 2 heterocycles. The summed E-state index contributed by atoms with van der Waals surface area (Å²) in [4.78, 5) is 28.0. The van der Waals surface area contributed by atoms with Crippen LogP contribution in [0.15, 0.2) is 30.5 Å². The Kier molecular flexibility index (Phi) is 3.73. The van der Waals surface area contributed by atoms with E-state index in [4.69, 9.17) is 11.6 Å². The SMILES string of the molecule is O=C1CC(c2ncc(Cl)s2)C(c2ccc(F)cc2)C(=O)N1. The Morgan fingerprint density at radius 1 is 1.29 bits per heavy atom. The van der Waals surface area contributed by atoms with Gasteiger partial charge in [-0.1, -0.05) is 23.7 Å². The Morgan fingerprint density at radius 2 is 2.00 bits per heavy atom. The van der Waals surface area contributed by atoms with E-state index in [0.717, 1.165) is 0 Å². The number of rotatable bonds is 2. The van der Waals surface area contributed by atoms with E-state index < -0.39 is 11.8 Å². The topological polar surface area (TPSA) is 59.1 Å². The molecule has 1 fully saturated rings. The highest BCUT2D eigenvalue weighted by Crippen LogP contribution is 2.40. The van der Waals surface area contributed by atoms with Crippen molar-refractivity contribution in [2.24, 2.45) is 0 Å². The lowest BCUT2D eigenvalue weighted by atomic mass is 9.81. The van der Waals surface area contributed by atoms with E-state index in [1.807, 2.05) is 0 Å². The van der Waals surface area contributed by atoms with Crippen molar-refractivity contribution in [3.63, 3.8) is 0 Å². The van der Waals surface area contributed by atoms with Crippen LogP contribution in [-0.4, -0.2) is 16.8 Å². The third-order valence-corrected chi connectivity index (χ3v) is 4.64.